The summed E-state index contributed by atoms with van der Waals surface area (Å²) in [6.07, 6.45) is 1.11. The van der Waals surface area contributed by atoms with Crippen molar-refractivity contribution in [3.05, 3.63) is 48.0 Å². The number of fused-ring (bicyclic) bond motifs is 5. The number of benzene rings is 2. The van der Waals surface area contributed by atoms with Gasteiger partial charge in [-0.2, -0.15) is 0 Å². The molecule has 6 heteroatoms. The molecule has 3 aromatic rings. The first-order valence-electron chi connectivity index (χ1n) is 10.3. The SMILES string of the molecule is CCN1CCC(c2c3n(c4ccc(OC(C)C)cc24)S(=O)(=O)c2ccccc2-3)C1. The Morgan fingerprint density at radius 2 is 1.97 bits per heavy atom. The van der Waals surface area contributed by atoms with Gasteiger partial charge in [-0.1, -0.05) is 25.1 Å². The number of hydrogen-bond donors (Lipinski definition) is 0. The molecule has 0 radical (unpaired) electrons. The Morgan fingerprint density at radius 1 is 1.17 bits per heavy atom. The second-order valence-electron chi connectivity index (χ2n) is 8.25. The van der Waals surface area contributed by atoms with Crippen molar-refractivity contribution < 1.29 is 13.2 Å². The lowest BCUT2D eigenvalue weighted by atomic mass is 9.92. The third kappa shape index (κ3) is 2.73. The number of nitrogens with zero attached hydrogens (tertiary/aromatic N) is 2. The fraction of sp³-hybridized carbons (Fsp3) is 0.391. The van der Waals surface area contributed by atoms with E-state index in [9.17, 15) is 8.42 Å². The summed E-state index contributed by atoms with van der Waals surface area (Å²) in [5, 5.41) is 0.999. The van der Waals surface area contributed by atoms with Gasteiger partial charge in [0, 0.05) is 23.4 Å². The summed E-state index contributed by atoms with van der Waals surface area (Å²) in [7, 11) is -3.59. The highest BCUT2D eigenvalue weighted by Gasteiger charge is 2.40. The zero-order chi connectivity index (χ0) is 20.3. The Morgan fingerprint density at radius 3 is 2.69 bits per heavy atom. The number of aromatic nitrogens is 1. The number of hydrogen-bond acceptors (Lipinski definition) is 4. The van der Waals surface area contributed by atoms with E-state index in [1.807, 2.05) is 44.2 Å². The normalized spacial score (nSPS) is 20.3. The summed E-state index contributed by atoms with van der Waals surface area (Å²) >= 11 is 0. The number of ether oxygens (including phenoxy) is 1. The molecule has 1 fully saturated rings. The Kier molecular flexibility index (Phi) is 4.26. The summed E-state index contributed by atoms with van der Waals surface area (Å²) < 4.78 is 34.3. The highest BCUT2D eigenvalue weighted by Crippen LogP contribution is 2.49. The first-order valence-corrected chi connectivity index (χ1v) is 11.8. The molecule has 152 valence electrons. The predicted octanol–water partition coefficient (Wildman–Crippen LogP) is 4.46. The van der Waals surface area contributed by atoms with Gasteiger partial charge < -0.3 is 9.64 Å². The highest BCUT2D eigenvalue weighted by atomic mass is 32.2. The zero-order valence-electron chi connectivity index (χ0n) is 17.1. The molecule has 2 aliphatic rings. The molecule has 3 heterocycles. The molecule has 0 aliphatic carbocycles. The minimum absolute atomic E-state index is 0.0666. The maximum absolute atomic E-state index is 13.4. The topological polar surface area (TPSA) is 51.5 Å². The van der Waals surface area contributed by atoms with Crippen molar-refractivity contribution in [2.45, 2.75) is 44.1 Å². The number of rotatable bonds is 4. The number of likely N-dealkylation sites (N-methyl/N-ethyl adjacent to an activating group) is 1. The van der Waals surface area contributed by atoms with Crippen LogP contribution in [0.15, 0.2) is 47.4 Å². The van der Waals surface area contributed by atoms with Crippen molar-refractivity contribution in [1.82, 2.24) is 8.87 Å². The molecule has 2 aromatic carbocycles. The molecule has 0 N–H and O–H groups in total. The van der Waals surface area contributed by atoms with Crippen LogP contribution in [-0.2, 0) is 10.0 Å². The van der Waals surface area contributed by atoms with Gasteiger partial charge in [0.25, 0.3) is 10.0 Å². The van der Waals surface area contributed by atoms with Gasteiger partial charge in [-0.25, -0.2) is 12.4 Å². The van der Waals surface area contributed by atoms with Crippen molar-refractivity contribution >= 4 is 20.9 Å². The molecular formula is C23H26N2O3S. The highest BCUT2D eigenvalue weighted by molar-refractivity contribution is 7.90. The standard InChI is InChI=1S/C23H26N2O3S/c1-4-24-12-11-16(14-24)22-19-13-17(28-15(2)3)9-10-20(19)25-23(22)18-7-5-6-8-21(18)29(25,26)27/h5-10,13,15-16H,4,11-12,14H2,1-3H3. The molecule has 2 aliphatic heterocycles. The van der Waals surface area contributed by atoms with Crippen molar-refractivity contribution in [1.29, 1.82) is 0 Å². The first kappa shape index (κ1) is 18.7. The molecule has 1 unspecified atom stereocenters. The smallest absolute Gasteiger partial charge is 0.269 e. The van der Waals surface area contributed by atoms with E-state index >= 15 is 0 Å². The molecule has 1 atom stereocenters. The van der Waals surface area contributed by atoms with E-state index in [0.717, 1.165) is 59.5 Å². The summed E-state index contributed by atoms with van der Waals surface area (Å²) in [6, 6.07) is 13.2. The molecule has 5 nitrogen and oxygen atoms in total. The molecule has 1 saturated heterocycles. The lowest BCUT2D eigenvalue weighted by molar-refractivity contribution is 0.243. The fourth-order valence-electron chi connectivity index (χ4n) is 4.87. The fourth-order valence-corrected chi connectivity index (χ4v) is 6.61. The van der Waals surface area contributed by atoms with Crippen LogP contribution in [0.1, 0.15) is 38.7 Å². The van der Waals surface area contributed by atoms with E-state index in [4.69, 9.17) is 4.74 Å². The van der Waals surface area contributed by atoms with Crippen molar-refractivity contribution in [2.24, 2.45) is 0 Å². The van der Waals surface area contributed by atoms with Crippen LogP contribution in [0, 0.1) is 0 Å². The van der Waals surface area contributed by atoms with Crippen molar-refractivity contribution in [3.8, 4) is 17.0 Å². The van der Waals surface area contributed by atoms with Gasteiger partial charge >= 0.3 is 0 Å². The van der Waals surface area contributed by atoms with Crippen LogP contribution < -0.4 is 4.74 Å². The molecule has 5 rings (SSSR count). The van der Waals surface area contributed by atoms with E-state index in [1.54, 1.807) is 16.1 Å². The van der Waals surface area contributed by atoms with Crippen molar-refractivity contribution in [2.75, 3.05) is 19.6 Å². The van der Waals surface area contributed by atoms with Gasteiger partial charge in [0.2, 0.25) is 0 Å². The largest absolute Gasteiger partial charge is 0.491 e. The van der Waals surface area contributed by atoms with Crippen molar-refractivity contribution in [3.63, 3.8) is 0 Å². The minimum atomic E-state index is -3.59. The molecule has 0 spiro atoms. The average molecular weight is 411 g/mol. The maximum Gasteiger partial charge on any atom is 0.269 e. The first-order chi connectivity index (χ1) is 13.9. The summed E-state index contributed by atoms with van der Waals surface area (Å²) in [6.45, 7) is 9.20. The Labute approximate surface area is 171 Å². The van der Waals surface area contributed by atoms with E-state index in [0.29, 0.717) is 10.8 Å². The lowest BCUT2D eigenvalue weighted by Crippen LogP contribution is -2.19. The summed E-state index contributed by atoms with van der Waals surface area (Å²) in [5.74, 6) is 1.10. The van der Waals surface area contributed by atoms with Crippen LogP contribution in [0.4, 0.5) is 0 Å². The van der Waals surface area contributed by atoms with Crippen LogP contribution in [0.2, 0.25) is 0 Å². The van der Waals surface area contributed by atoms with E-state index in [1.165, 1.54) is 0 Å². The zero-order valence-corrected chi connectivity index (χ0v) is 17.9. The van der Waals surface area contributed by atoms with Crippen LogP contribution in [0.5, 0.6) is 5.75 Å². The van der Waals surface area contributed by atoms with Gasteiger partial charge in [0.05, 0.1) is 22.2 Å². The van der Waals surface area contributed by atoms with E-state index < -0.39 is 10.0 Å². The van der Waals surface area contributed by atoms with E-state index in [-0.39, 0.29) is 6.10 Å². The lowest BCUT2D eigenvalue weighted by Gasteiger charge is -2.15. The van der Waals surface area contributed by atoms with Crippen LogP contribution in [0.25, 0.3) is 22.2 Å². The van der Waals surface area contributed by atoms with Crippen LogP contribution in [-0.4, -0.2) is 43.0 Å². The molecular weight excluding hydrogens is 384 g/mol. The van der Waals surface area contributed by atoms with Gasteiger partial charge in [0.1, 0.15) is 5.75 Å². The quantitative estimate of drug-likeness (QED) is 0.499. The molecule has 29 heavy (non-hydrogen) atoms. The van der Waals surface area contributed by atoms with Gasteiger partial charge in [-0.05, 0) is 63.2 Å². The Balaban J connectivity index is 1.82. The second kappa shape index (κ2) is 6.61. The molecule has 0 saturated carbocycles. The monoisotopic (exact) mass is 410 g/mol. The Bertz CT molecular complexity index is 1210. The van der Waals surface area contributed by atoms with Gasteiger partial charge in [-0.3, -0.25) is 0 Å². The van der Waals surface area contributed by atoms with Gasteiger partial charge in [0.15, 0.2) is 0 Å². The molecule has 0 bridgehead atoms. The average Bonchev–Trinajstić information content (AvgIpc) is 3.34. The third-order valence-electron chi connectivity index (χ3n) is 6.10. The second-order valence-corrected chi connectivity index (χ2v) is 10.0. The summed E-state index contributed by atoms with van der Waals surface area (Å²) in [5.41, 5.74) is 3.57. The van der Waals surface area contributed by atoms with Crippen LogP contribution in [0.3, 0.4) is 0 Å². The molecule has 1 aromatic heterocycles. The Hall–Kier alpha value is -2.31. The molecule has 0 amide bonds. The minimum Gasteiger partial charge on any atom is -0.491 e. The van der Waals surface area contributed by atoms with Gasteiger partial charge in [-0.15, -0.1) is 0 Å². The number of likely N-dealkylation sites (tertiary alicyclic amines) is 1. The third-order valence-corrected chi connectivity index (χ3v) is 7.87. The maximum atomic E-state index is 13.4. The van der Waals surface area contributed by atoms with Crippen LogP contribution >= 0.6 is 0 Å². The predicted molar refractivity (Wildman–Crippen MR) is 115 cm³/mol. The summed E-state index contributed by atoms with van der Waals surface area (Å²) in [4.78, 5) is 2.84. The van der Waals surface area contributed by atoms with E-state index in [2.05, 4.69) is 11.8 Å².